The maximum absolute atomic E-state index is 12.0. The molecule has 2 aromatic rings. The van der Waals surface area contributed by atoms with Gasteiger partial charge in [-0.05, 0) is 47.5 Å². The van der Waals surface area contributed by atoms with Crippen LogP contribution in [0.4, 0.5) is 8.78 Å². The molecule has 7 heteroatoms. The second-order valence-electron chi connectivity index (χ2n) is 4.52. The van der Waals surface area contributed by atoms with Gasteiger partial charge in [0.1, 0.15) is 12.4 Å². The zero-order chi connectivity index (χ0) is 16.7. The highest BCUT2D eigenvalue weighted by Crippen LogP contribution is 2.14. The van der Waals surface area contributed by atoms with Gasteiger partial charge in [0, 0.05) is 5.56 Å². The molecule has 2 N–H and O–H groups in total. The quantitative estimate of drug-likeness (QED) is 0.629. The molecule has 120 valence electrons. The number of rotatable bonds is 7. The minimum Gasteiger partial charge on any atom is -0.435 e. The fraction of sp³-hybridized carbons (Fsp3) is 0.125. The van der Waals surface area contributed by atoms with Crippen molar-refractivity contribution in [2.45, 2.75) is 13.2 Å². The van der Waals surface area contributed by atoms with Crippen molar-refractivity contribution in [1.29, 1.82) is 0 Å². The first kappa shape index (κ1) is 16.4. The summed E-state index contributed by atoms with van der Waals surface area (Å²) in [7, 11) is 0. The SMILES string of the molecule is NC(=O)c1ccc(CO/N=C/c2ccc(OC(F)F)cc2)cc1. The van der Waals surface area contributed by atoms with E-state index in [4.69, 9.17) is 10.6 Å². The summed E-state index contributed by atoms with van der Waals surface area (Å²) in [4.78, 5) is 16.1. The Kier molecular flexibility index (Phi) is 5.62. The molecule has 0 aromatic heterocycles. The van der Waals surface area contributed by atoms with Crippen molar-refractivity contribution in [3.63, 3.8) is 0 Å². The molecule has 0 fully saturated rings. The summed E-state index contributed by atoms with van der Waals surface area (Å²) in [6.45, 7) is -2.62. The maximum atomic E-state index is 12.0. The van der Waals surface area contributed by atoms with Gasteiger partial charge in [0.25, 0.3) is 0 Å². The third-order valence-electron chi connectivity index (χ3n) is 2.85. The van der Waals surface area contributed by atoms with Crippen LogP contribution in [0.5, 0.6) is 5.75 Å². The van der Waals surface area contributed by atoms with Gasteiger partial charge in [0.05, 0.1) is 6.21 Å². The van der Waals surface area contributed by atoms with Crippen molar-refractivity contribution in [3.8, 4) is 5.75 Å². The first-order valence-corrected chi connectivity index (χ1v) is 6.63. The predicted molar refractivity (Wildman–Crippen MR) is 80.4 cm³/mol. The molecule has 0 bridgehead atoms. The van der Waals surface area contributed by atoms with Crippen molar-refractivity contribution >= 4 is 12.1 Å². The Hall–Kier alpha value is -2.96. The van der Waals surface area contributed by atoms with Gasteiger partial charge in [-0.1, -0.05) is 17.3 Å². The minimum atomic E-state index is -2.85. The fourth-order valence-electron chi connectivity index (χ4n) is 1.71. The summed E-state index contributed by atoms with van der Waals surface area (Å²) < 4.78 is 28.2. The van der Waals surface area contributed by atoms with E-state index in [2.05, 4.69) is 9.89 Å². The highest BCUT2D eigenvalue weighted by atomic mass is 19.3. The summed E-state index contributed by atoms with van der Waals surface area (Å²) in [5, 5.41) is 3.78. The normalized spacial score (nSPS) is 10.9. The van der Waals surface area contributed by atoms with Crippen LogP contribution in [-0.2, 0) is 11.4 Å². The molecular formula is C16H14F2N2O3. The van der Waals surface area contributed by atoms with E-state index >= 15 is 0 Å². The Labute approximate surface area is 131 Å². The monoisotopic (exact) mass is 320 g/mol. The predicted octanol–water partition coefficient (Wildman–Crippen LogP) is 2.94. The van der Waals surface area contributed by atoms with Gasteiger partial charge in [0.2, 0.25) is 5.91 Å². The summed E-state index contributed by atoms with van der Waals surface area (Å²) >= 11 is 0. The van der Waals surface area contributed by atoms with E-state index in [1.54, 1.807) is 36.4 Å². The number of carbonyl (C=O) groups excluding carboxylic acids is 1. The molecule has 2 rings (SSSR count). The molecule has 1 amide bonds. The second-order valence-corrected chi connectivity index (χ2v) is 4.52. The standard InChI is InChI=1S/C16H14F2N2O3/c17-16(18)23-14-7-3-11(4-8-14)9-20-22-10-12-1-5-13(6-2-12)15(19)21/h1-9,16H,10H2,(H2,19,21)/b20-9+. The Balaban J connectivity index is 1.83. The van der Waals surface area contributed by atoms with E-state index in [0.29, 0.717) is 11.1 Å². The van der Waals surface area contributed by atoms with Crippen molar-refractivity contribution in [1.82, 2.24) is 0 Å². The van der Waals surface area contributed by atoms with Gasteiger partial charge >= 0.3 is 6.61 Å². The van der Waals surface area contributed by atoms with Gasteiger partial charge in [-0.15, -0.1) is 0 Å². The highest BCUT2D eigenvalue weighted by Gasteiger charge is 2.03. The van der Waals surface area contributed by atoms with Gasteiger partial charge in [-0.2, -0.15) is 8.78 Å². The topological polar surface area (TPSA) is 73.9 Å². The first-order valence-electron chi connectivity index (χ1n) is 6.63. The van der Waals surface area contributed by atoms with Gasteiger partial charge in [0.15, 0.2) is 0 Å². The average Bonchev–Trinajstić information content (AvgIpc) is 2.53. The van der Waals surface area contributed by atoms with Crippen molar-refractivity contribution in [2.75, 3.05) is 0 Å². The smallest absolute Gasteiger partial charge is 0.387 e. The molecule has 0 aliphatic carbocycles. The lowest BCUT2D eigenvalue weighted by atomic mass is 10.1. The van der Waals surface area contributed by atoms with Gasteiger partial charge in [-0.25, -0.2) is 0 Å². The number of oxime groups is 1. The molecular weight excluding hydrogens is 306 g/mol. The molecule has 23 heavy (non-hydrogen) atoms. The molecule has 0 unspecified atom stereocenters. The number of halogens is 2. The highest BCUT2D eigenvalue weighted by molar-refractivity contribution is 5.92. The largest absolute Gasteiger partial charge is 0.435 e. The van der Waals surface area contributed by atoms with Crippen LogP contribution in [0.15, 0.2) is 53.7 Å². The molecule has 0 atom stereocenters. The molecule has 5 nitrogen and oxygen atoms in total. The van der Waals surface area contributed by atoms with Crippen molar-refractivity contribution in [3.05, 3.63) is 65.2 Å². The lowest BCUT2D eigenvalue weighted by molar-refractivity contribution is -0.0498. The number of ether oxygens (including phenoxy) is 1. The van der Waals surface area contributed by atoms with Crippen LogP contribution < -0.4 is 10.5 Å². The van der Waals surface area contributed by atoms with Crippen LogP contribution in [-0.4, -0.2) is 18.7 Å². The van der Waals surface area contributed by atoms with Crippen LogP contribution in [0, 0.1) is 0 Å². The third-order valence-corrected chi connectivity index (χ3v) is 2.85. The van der Waals surface area contributed by atoms with E-state index < -0.39 is 12.5 Å². The Morgan fingerprint density at radius 1 is 1.13 bits per heavy atom. The Bertz CT molecular complexity index is 671. The summed E-state index contributed by atoms with van der Waals surface area (Å²) in [6, 6.07) is 12.6. The van der Waals surface area contributed by atoms with Crippen LogP contribution >= 0.6 is 0 Å². The lowest BCUT2D eigenvalue weighted by Gasteiger charge is -2.03. The molecule has 0 aliphatic heterocycles. The summed E-state index contributed by atoms with van der Waals surface area (Å²) in [5.74, 6) is -0.414. The zero-order valence-electron chi connectivity index (χ0n) is 12.0. The van der Waals surface area contributed by atoms with Crippen LogP contribution in [0.2, 0.25) is 0 Å². The van der Waals surface area contributed by atoms with Crippen molar-refractivity contribution in [2.24, 2.45) is 10.9 Å². The number of nitrogens with two attached hydrogens (primary N) is 1. The van der Waals surface area contributed by atoms with Gasteiger partial charge in [-0.3, -0.25) is 4.79 Å². The molecule has 0 saturated carbocycles. The zero-order valence-corrected chi connectivity index (χ0v) is 12.0. The summed E-state index contributed by atoms with van der Waals surface area (Å²) in [6.07, 6.45) is 1.45. The van der Waals surface area contributed by atoms with Crippen LogP contribution in [0.1, 0.15) is 21.5 Å². The third kappa shape index (κ3) is 5.39. The molecule has 0 heterocycles. The number of hydrogen-bond acceptors (Lipinski definition) is 4. The number of alkyl halides is 2. The van der Waals surface area contributed by atoms with E-state index in [-0.39, 0.29) is 12.4 Å². The van der Waals surface area contributed by atoms with Crippen LogP contribution in [0.3, 0.4) is 0 Å². The molecule has 0 aliphatic rings. The van der Waals surface area contributed by atoms with Gasteiger partial charge < -0.3 is 15.3 Å². The number of nitrogens with zero attached hydrogens (tertiary/aromatic N) is 1. The second kappa shape index (κ2) is 7.88. The number of hydrogen-bond donors (Lipinski definition) is 1. The van der Waals surface area contributed by atoms with E-state index in [9.17, 15) is 13.6 Å². The lowest BCUT2D eigenvalue weighted by Crippen LogP contribution is -2.10. The Morgan fingerprint density at radius 3 is 2.35 bits per heavy atom. The number of primary amides is 1. The molecule has 2 aromatic carbocycles. The van der Waals surface area contributed by atoms with E-state index in [0.717, 1.165) is 5.56 Å². The average molecular weight is 320 g/mol. The van der Waals surface area contributed by atoms with Crippen LogP contribution in [0.25, 0.3) is 0 Å². The number of benzene rings is 2. The Morgan fingerprint density at radius 2 is 1.78 bits per heavy atom. The number of amides is 1. The van der Waals surface area contributed by atoms with E-state index in [1.807, 2.05) is 0 Å². The number of carbonyl (C=O) groups is 1. The minimum absolute atomic E-state index is 0.0765. The molecule has 0 saturated heterocycles. The maximum Gasteiger partial charge on any atom is 0.387 e. The summed E-state index contributed by atoms with van der Waals surface area (Å²) in [5.41, 5.74) is 7.07. The van der Waals surface area contributed by atoms with Crippen molar-refractivity contribution < 1.29 is 23.1 Å². The fourth-order valence-corrected chi connectivity index (χ4v) is 1.71. The van der Waals surface area contributed by atoms with E-state index in [1.165, 1.54) is 18.3 Å². The molecule has 0 spiro atoms. The molecule has 0 radical (unpaired) electrons. The first-order chi connectivity index (χ1) is 11.0.